The second-order valence-corrected chi connectivity index (χ2v) is 9.09. The van der Waals surface area contributed by atoms with Crippen LogP contribution in [0.4, 0.5) is 0 Å². The second kappa shape index (κ2) is 12.8. The smallest absolute Gasteiger partial charge is 0.394 e. The van der Waals surface area contributed by atoms with E-state index in [0.717, 1.165) is 51.7 Å². The molecule has 0 amide bonds. The molecule has 2 bridgehead atoms. The number of carbonyl (C=O) groups is 2. The predicted octanol–water partition coefficient (Wildman–Crippen LogP) is 1.27. The van der Waals surface area contributed by atoms with Crippen molar-refractivity contribution in [3.05, 3.63) is 0 Å². The van der Waals surface area contributed by atoms with E-state index < -0.39 is 10.4 Å². The first-order valence-electron chi connectivity index (χ1n) is 11.1. The molecule has 0 aromatic rings. The Balaban J connectivity index is 0.000000654. The zero-order valence-electron chi connectivity index (χ0n) is 18.7. The summed E-state index contributed by atoms with van der Waals surface area (Å²) in [6, 6.07) is 0.308. The van der Waals surface area contributed by atoms with Crippen molar-refractivity contribution in [1.82, 2.24) is 4.90 Å². The summed E-state index contributed by atoms with van der Waals surface area (Å²) in [4.78, 5) is 26.6. The average molecular weight is 482 g/mol. The van der Waals surface area contributed by atoms with E-state index in [1.165, 1.54) is 0 Å². The van der Waals surface area contributed by atoms with E-state index in [2.05, 4.69) is 4.90 Å². The number of piperidine rings is 2. The number of fused-ring (bicyclic) bond motifs is 2. The molecule has 0 aromatic carbocycles. The number of hydrogen-bond acceptors (Lipinski definition) is 9. The highest BCUT2D eigenvalue weighted by molar-refractivity contribution is 7.79. The number of esters is 2. The number of ether oxygens (including phenoxy) is 4. The number of carbonyl (C=O) groups excluding carboxylic acids is 2. The number of nitrogens with zero attached hydrogens (tertiary/aromatic N) is 1. The fraction of sp³-hybridized carbons (Fsp3) is 0.900. The molecule has 0 saturated carbocycles. The van der Waals surface area contributed by atoms with Gasteiger partial charge in [0.15, 0.2) is 0 Å². The van der Waals surface area contributed by atoms with E-state index >= 15 is 0 Å². The largest absolute Gasteiger partial charge is 0.466 e. The zero-order valence-corrected chi connectivity index (χ0v) is 19.5. The molecule has 3 aliphatic heterocycles. The second-order valence-electron chi connectivity index (χ2n) is 8.19. The van der Waals surface area contributed by atoms with Crippen molar-refractivity contribution >= 4 is 22.3 Å². The molecule has 3 saturated heterocycles. The zero-order chi connectivity index (χ0) is 23.7. The fourth-order valence-corrected chi connectivity index (χ4v) is 4.75. The molecule has 2 atom stereocenters. The molecule has 32 heavy (non-hydrogen) atoms. The van der Waals surface area contributed by atoms with Crippen LogP contribution in [-0.4, -0.2) is 91.6 Å². The van der Waals surface area contributed by atoms with Crippen molar-refractivity contribution in [3.8, 4) is 0 Å². The normalized spacial score (nSPS) is 28.9. The van der Waals surface area contributed by atoms with Gasteiger partial charge in [0.05, 0.1) is 37.9 Å². The molecule has 11 nitrogen and oxygen atoms in total. The summed E-state index contributed by atoms with van der Waals surface area (Å²) in [7, 11) is -4.67. The van der Waals surface area contributed by atoms with Gasteiger partial charge in [-0.1, -0.05) is 0 Å². The van der Waals surface area contributed by atoms with E-state index in [1.54, 1.807) is 0 Å². The van der Waals surface area contributed by atoms with Gasteiger partial charge >= 0.3 is 22.3 Å². The maximum absolute atomic E-state index is 12.3. The van der Waals surface area contributed by atoms with Gasteiger partial charge in [-0.15, -0.1) is 0 Å². The molecule has 2 unspecified atom stereocenters. The van der Waals surface area contributed by atoms with Crippen LogP contribution in [0.5, 0.6) is 0 Å². The Morgan fingerprint density at radius 1 is 0.938 bits per heavy atom. The summed E-state index contributed by atoms with van der Waals surface area (Å²) in [5.41, 5.74) is 0. The van der Waals surface area contributed by atoms with E-state index in [4.69, 9.17) is 36.5 Å². The van der Waals surface area contributed by atoms with E-state index in [0.29, 0.717) is 19.8 Å². The predicted molar refractivity (Wildman–Crippen MR) is 112 cm³/mol. The minimum Gasteiger partial charge on any atom is -0.466 e. The molecule has 0 spiro atoms. The summed E-state index contributed by atoms with van der Waals surface area (Å²) in [5, 5.41) is 0. The van der Waals surface area contributed by atoms with Gasteiger partial charge in [0.1, 0.15) is 0 Å². The van der Waals surface area contributed by atoms with Crippen molar-refractivity contribution in [1.29, 1.82) is 0 Å². The summed E-state index contributed by atoms with van der Waals surface area (Å²) in [6.45, 7) is 6.29. The van der Waals surface area contributed by atoms with Gasteiger partial charge in [0.2, 0.25) is 0 Å². The van der Waals surface area contributed by atoms with Gasteiger partial charge in [-0.05, 0) is 52.4 Å². The Bertz CT molecular complexity index is 685. The standard InChI is InChI=1S/C20H33NO6.H2O4S/c1-3-25-19(22)13-21-15-9-14(20(23)26-4-2)10-16(21)12-18(11-15)27-17-5-7-24-8-6-17;1-5(2,3)4/h14-18H,3-13H2,1-2H3;(H2,1,2,3,4). The van der Waals surface area contributed by atoms with Crippen LogP contribution in [0.3, 0.4) is 0 Å². The van der Waals surface area contributed by atoms with E-state index in [1.807, 2.05) is 13.8 Å². The highest BCUT2D eigenvalue weighted by Gasteiger charge is 2.45. The Labute approximate surface area is 189 Å². The van der Waals surface area contributed by atoms with Gasteiger partial charge < -0.3 is 18.9 Å². The van der Waals surface area contributed by atoms with Gasteiger partial charge in [-0.25, -0.2) is 0 Å². The third kappa shape index (κ3) is 9.28. The monoisotopic (exact) mass is 481 g/mol. The SMILES string of the molecule is CCOC(=O)CN1C2CC(OC3CCOCC3)CC1CC(C(=O)OCC)C2.O=S(=O)(O)O. The van der Waals surface area contributed by atoms with Crippen molar-refractivity contribution in [2.45, 2.75) is 76.7 Å². The van der Waals surface area contributed by atoms with Gasteiger partial charge in [-0.3, -0.25) is 23.6 Å². The van der Waals surface area contributed by atoms with Crippen LogP contribution in [0.15, 0.2) is 0 Å². The lowest BCUT2D eigenvalue weighted by atomic mass is 9.77. The third-order valence-electron chi connectivity index (χ3n) is 5.91. The van der Waals surface area contributed by atoms with Gasteiger partial charge in [0.25, 0.3) is 0 Å². The van der Waals surface area contributed by atoms with Crippen LogP contribution < -0.4 is 0 Å². The maximum atomic E-state index is 12.3. The highest BCUT2D eigenvalue weighted by Crippen LogP contribution is 2.39. The minimum absolute atomic E-state index is 0.0811. The van der Waals surface area contributed by atoms with Crippen LogP contribution in [0, 0.1) is 5.92 Å². The van der Waals surface area contributed by atoms with Crippen LogP contribution in [0.2, 0.25) is 0 Å². The molecule has 2 N–H and O–H groups in total. The highest BCUT2D eigenvalue weighted by atomic mass is 32.3. The summed E-state index contributed by atoms with van der Waals surface area (Å²) < 4.78 is 53.8. The first kappa shape index (κ1) is 26.9. The molecular weight excluding hydrogens is 446 g/mol. The molecule has 3 rings (SSSR count). The minimum atomic E-state index is -4.67. The molecule has 3 fully saturated rings. The quantitative estimate of drug-likeness (QED) is 0.400. The molecule has 186 valence electrons. The topological polar surface area (TPSA) is 149 Å². The molecule has 3 aliphatic rings. The van der Waals surface area contributed by atoms with Crippen LogP contribution >= 0.6 is 0 Å². The molecule has 0 aromatic heterocycles. The number of hydrogen-bond donors (Lipinski definition) is 2. The van der Waals surface area contributed by atoms with E-state index in [-0.39, 0.29) is 42.1 Å². The summed E-state index contributed by atoms with van der Waals surface area (Å²) >= 11 is 0. The Kier molecular flexibility index (Phi) is 10.8. The first-order valence-corrected chi connectivity index (χ1v) is 12.5. The molecule has 3 heterocycles. The summed E-state index contributed by atoms with van der Waals surface area (Å²) in [5.74, 6) is -0.375. The first-order chi connectivity index (χ1) is 15.1. The maximum Gasteiger partial charge on any atom is 0.394 e. The summed E-state index contributed by atoms with van der Waals surface area (Å²) in [6.07, 6.45) is 5.50. The molecular formula is C20H35NO10S. The average Bonchev–Trinajstić information content (AvgIpc) is 2.68. The lowest BCUT2D eigenvalue weighted by Gasteiger charge is -2.50. The Hall–Kier alpha value is -1.31. The lowest BCUT2D eigenvalue weighted by molar-refractivity contribution is -0.161. The van der Waals surface area contributed by atoms with Gasteiger partial charge in [0, 0.05) is 25.3 Å². The van der Waals surface area contributed by atoms with Crippen LogP contribution in [0.1, 0.15) is 52.4 Å². The van der Waals surface area contributed by atoms with Crippen molar-refractivity contribution in [2.75, 3.05) is 33.0 Å². The van der Waals surface area contributed by atoms with Gasteiger partial charge in [-0.2, -0.15) is 8.42 Å². The fourth-order valence-electron chi connectivity index (χ4n) is 4.75. The lowest BCUT2D eigenvalue weighted by Crippen LogP contribution is -2.58. The van der Waals surface area contributed by atoms with Crippen molar-refractivity contribution in [2.24, 2.45) is 5.92 Å². The van der Waals surface area contributed by atoms with E-state index in [9.17, 15) is 9.59 Å². The Morgan fingerprint density at radius 3 is 1.97 bits per heavy atom. The van der Waals surface area contributed by atoms with Crippen LogP contribution in [-0.2, 0) is 38.9 Å². The number of rotatable bonds is 7. The third-order valence-corrected chi connectivity index (χ3v) is 5.91. The van der Waals surface area contributed by atoms with Crippen molar-refractivity contribution < 1.29 is 46.1 Å². The Morgan fingerprint density at radius 2 is 1.47 bits per heavy atom. The van der Waals surface area contributed by atoms with Crippen LogP contribution in [0.25, 0.3) is 0 Å². The molecule has 0 radical (unpaired) electrons. The van der Waals surface area contributed by atoms with Crippen molar-refractivity contribution in [3.63, 3.8) is 0 Å². The molecule has 0 aliphatic carbocycles. The molecule has 12 heteroatoms.